The molecule has 4 heteroatoms. The highest BCUT2D eigenvalue weighted by atomic mass is 79.9. The zero-order valence-electron chi connectivity index (χ0n) is 13.8. The number of hydrogen-bond acceptors (Lipinski definition) is 3. The number of benzene rings is 1. The zero-order valence-corrected chi connectivity index (χ0v) is 16.2. The number of thioether (sulfide) groups is 1. The maximum Gasteiger partial charge on any atom is 0.213 e. The van der Waals surface area contributed by atoms with E-state index in [0.717, 1.165) is 43.3 Å². The van der Waals surface area contributed by atoms with Gasteiger partial charge in [0.15, 0.2) is 0 Å². The van der Waals surface area contributed by atoms with Crippen LogP contribution in [-0.4, -0.2) is 22.6 Å². The molecule has 0 N–H and O–H groups in total. The van der Waals surface area contributed by atoms with E-state index in [0.29, 0.717) is 6.10 Å². The Bertz CT molecular complexity index is 728. The molecule has 2 nitrogen and oxygen atoms in total. The topological polar surface area (TPSA) is 22.1 Å². The van der Waals surface area contributed by atoms with Gasteiger partial charge in [0, 0.05) is 17.0 Å². The lowest BCUT2D eigenvalue weighted by Crippen LogP contribution is -2.22. The summed E-state index contributed by atoms with van der Waals surface area (Å²) in [4.78, 5) is 4.88. The molecule has 0 atom stereocenters. The summed E-state index contributed by atoms with van der Waals surface area (Å²) in [5, 5.41) is 0.893. The summed E-state index contributed by atoms with van der Waals surface area (Å²) in [5.74, 6) is 3.22. The Morgan fingerprint density at radius 2 is 1.96 bits per heavy atom. The van der Waals surface area contributed by atoms with Gasteiger partial charge in [-0.15, -0.1) is 0 Å². The SMILES string of the molecule is BrCc1ccc2c(c1)-c1ccc(OC3CCSCC3)nc1CCC2. The van der Waals surface area contributed by atoms with Crippen LogP contribution in [0.4, 0.5) is 0 Å². The van der Waals surface area contributed by atoms with Crippen LogP contribution in [0.3, 0.4) is 0 Å². The molecule has 0 saturated carbocycles. The zero-order chi connectivity index (χ0) is 16.4. The van der Waals surface area contributed by atoms with Gasteiger partial charge in [0.05, 0.1) is 5.69 Å². The van der Waals surface area contributed by atoms with E-state index in [4.69, 9.17) is 9.72 Å². The van der Waals surface area contributed by atoms with Crippen LogP contribution >= 0.6 is 27.7 Å². The molecular weight excluding hydrogens is 382 g/mol. The summed E-state index contributed by atoms with van der Waals surface area (Å²) < 4.78 is 6.16. The minimum absolute atomic E-state index is 0.342. The summed E-state index contributed by atoms with van der Waals surface area (Å²) >= 11 is 5.60. The van der Waals surface area contributed by atoms with Crippen LogP contribution in [0.5, 0.6) is 5.88 Å². The van der Waals surface area contributed by atoms with Crippen molar-refractivity contribution in [2.75, 3.05) is 11.5 Å². The average molecular weight is 404 g/mol. The third-order valence-electron chi connectivity index (χ3n) is 4.88. The molecule has 1 aliphatic carbocycles. The van der Waals surface area contributed by atoms with Gasteiger partial charge in [0.1, 0.15) is 6.10 Å². The Hall–Kier alpha value is -1.00. The van der Waals surface area contributed by atoms with Crippen LogP contribution in [0.25, 0.3) is 11.1 Å². The summed E-state index contributed by atoms with van der Waals surface area (Å²) in [6.07, 6.45) is 5.94. The summed E-state index contributed by atoms with van der Waals surface area (Å²) in [5.41, 5.74) is 6.60. The molecule has 0 radical (unpaired) electrons. The van der Waals surface area contributed by atoms with E-state index in [9.17, 15) is 0 Å². The number of hydrogen-bond donors (Lipinski definition) is 0. The Kier molecular flexibility index (Phi) is 5.14. The lowest BCUT2D eigenvalue weighted by molar-refractivity contribution is 0.184. The fourth-order valence-corrected chi connectivity index (χ4v) is 4.98. The monoisotopic (exact) mass is 403 g/mol. The third kappa shape index (κ3) is 3.50. The van der Waals surface area contributed by atoms with Crippen molar-refractivity contribution in [1.29, 1.82) is 0 Å². The number of ether oxygens (including phenoxy) is 1. The highest BCUT2D eigenvalue weighted by Gasteiger charge is 2.19. The standard InChI is InChI=1S/C20H22BrNOS/c21-13-14-4-5-15-2-1-3-19-17(18(15)12-14)6-7-20(22-19)23-16-8-10-24-11-9-16/h4-7,12,16H,1-3,8-11,13H2. The molecule has 1 saturated heterocycles. The fourth-order valence-electron chi connectivity index (χ4n) is 3.57. The van der Waals surface area contributed by atoms with E-state index in [1.165, 1.54) is 39.5 Å². The van der Waals surface area contributed by atoms with E-state index >= 15 is 0 Å². The van der Waals surface area contributed by atoms with Gasteiger partial charge in [-0.2, -0.15) is 11.8 Å². The summed E-state index contributed by atoms with van der Waals surface area (Å²) in [6.45, 7) is 0. The number of aryl methyl sites for hydroxylation is 2. The Morgan fingerprint density at radius 3 is 2.79 bits per heavy atom. The first kappa shape index (κ1) is 16.5. The molecule has 0 spiro atoms. The second-order valence-electron chi connectivity index (χ2n) is 6.55. The second kappa shape index (κ2) is 7.49. The predicted molar refractivity (Wildman–Crippen MR) is 105 cm³/mol. The van der Waals surface area contributed by atoms with Crippen LogP contribution in [0.2, 0.25) is 0 Å². The highest BCUT2D eigenvalue weighted by Crippen LogP contribution is 2.34. The molecule has 0 bridgehead atoms. The number of rotatable bonds is 3. The van der Waals surface area contributed by atoms with E-state index in [1.54, 1.807) is 0 Å². The van der Waals surface area contributed by atoms with Crippen LogP contribution in [0.15, 0.2) is 30.3 Å². The van der Waals surface area contributed by atoms with Gasteiger partial charge in [-0.1, -0.05) is 28.1 Å². The van der Waals surface area contributed by atoms with Crippen molar-refractivity contribution in [2.45, 2.75) is 43.5 Å². The Balaban J connectivity index is 1.65. The van der Waals surface area contributed by atoms with Crippen LogP contribution in [0, 0.1) is 0 Å². The first-order chi connectivity index (χ1) is 11.8. The van der Waals surface area contributed by atoms with Crippen molar-refractivity contribution in [3.63, 3.8) is 0 Å². The van der Waals surface area contributed by atoms with Gasteiger partial charge in [0.25, 0.3) is 0 Å². The minimum Gasteiger partial charge on any atom is -0.474 e. The van der Waals surface area contributed by atoms with Crippen molar-refractivity contribution in [1.82, 2.24) is 4.98 Å². The number of alkyl halides is 1. The molecule has 24 heavy (non-hydrogen) atoms. The van der Waals surface area contributed by atoms with Gasteiger partial charge in [0.2, 0.25) is 5.88 Å². The molecule has 1 aromatic carbocycles. The fraction of sp³-hybridized carbons (Fsp3) is 0.450. The number of pyridine rings is 1. The van der Waals surface area contributed by atoms with Crippen molar-refractivity contribution >= 4 is 27.7 Å². The van der Waals surface area contributed by atoms with Crippen LogP contribution < -0.4 is 4.74 Å². The number of aromatic nitrogens is 1. The summed E-state index contributed by atoms with van der Waals surface area (Å²) in [6, 6.07) is 11.1. The summed E-state index contributed by atoms with van der Waals surface area (Å²) in [7, 11) is 0. The van der Waals surface area contributed by atoms with Gasteiger partial charge in [-0.25, -0.2) is 4.98 Å². The van der Waals surface area contributed by atoms with Crippen molar-refractivity contribution in [3.05, 3.63) is 47.2 Å². The van der Waals surface area contributed by atoms with E-state index in [-0.39, 0.29) is 0 Å². The first-order valence-corrected chi connectivity index (χ1v) is 11.0. The van der Waals surface area contributed by atoms with E-state index in [1.807, 2.05) is 11.8 Å². The van der Waals surface area contributed by atoms with Crippen LogP contribution in [0.1, 0.15) is 36.1 Å². The Morgan fingerprint density at radius 1 is 1.08 bits per heavy atom. The van der Waals surface area contributed by atoms with Gasteiger partial charge >= 0.3 is 0 Å². The molecule has 2 aliphatic rings. The lowest BCUT2D eigenvalue weighted by atomic mass is 9.97. The van der Waals surface area contributed by atoms with Crippen molar-refractivity contribution in [2.24, 2.45) is 0 Å². The third-order valence-corrected chi connectivity index (χ3v) is 6.58. The number of nitrogens with zero attached hydrogens (tertiary/aromatic N) is 1. The lowest BCUT2D eigenvalue weighted by Gasteiger charge is -2.22. The molecule has 1 aliphatic heterocycles. The van der Waals surface area contributed by atoms with Crippen molar-refractivity contribution < 1.29 is 4.74 Å². The number of fused-ring (bicyclic) bond motifs is 3. The maximum atomic E-state index is 6.16. The molecule has 0 unspecified atom stereocenters. The molecule has 4 rings (SSSR count). The average Bonchev–Trinajstić information content (AvgIpc) is 2.81. The largest absolute Gasteiger partial charge is 0.474 e. The van der Waals surface area contributed by atoms with Crippen molar-refractivity contribution in [3.8, 4) is 17.0 Å². The maximum absolute atomic E-state index is 6.16. The molecule has 1 aromatic heterocycles. The molecule has 1 fully saturated rings. The quantitative estimate of drug-likeness (QED) is 0.639. The number of halogens is 1. The normalized spacial score (nSPS) is 17.7. The van der Waals surface area contributed by atoms with Gasteiger partial charge in [-0.05, 0) is 72.4 Å². The molecule has 126 valence electrons. The highest BCUT2D eigenvalue weighted by molar-refractivity contribution is 9.08. The minimum atomic E-state index is 0.342. The van der Waals surface area contributed by atoms with Crippen LogP contribution in [-0.2, 0) is 18.2 Å². The molecule has 2 heterocycles. The smallest absolute Gasteiger partial charge is 0.213 e. The second-order valence-corrected chi connectivity index (χ2v) is 8.34. The first-order valence-electron chi connectivity index (χ1n) is 8.76. The molecular formula is C20H22BrNOS. The van der Waals surface area contributed by atoms with E-state index in [2.05, 4.69) is 46.3 Å². The van der Waals surface area contributed by atoms with Gasteiger partial charge < -0.3 is 4.74 Å². The van der Waals surface area contributed by atoms with E-state index < -0.39 is 0 Å². The predicted octanol–water partition coefficient (Wildman–Crippen LogP) is 5.41. The molecule has 0 amide bonds. The van der Waals surface area contributed by atoms with Gasteiger partial charge in [-0.3, -0.25) is 0 Å². The Labute approximate surface area is 156 Å². The molecule has 2 aromatic rings.